The third-order valence-electron chi connectivity index (χ3n) is 4.79. The highest BCUT2D eigenvalue weighted by Crippen LogP contribution is 2.32. The lowest BCUT2D eigenvalue weighted by atomic mass is 9.78. The first-order valence-electron chi connectivity index (χ1n) is 7.93. The molecule has 1 saturated heterocycles. The number of methoxy groups -OCH3 is 1. The van der Waals surface area contributed by atoms with Crippen molar-refractivity contribution in [3.63, 3.8) is 0 Å². The minimum absolute atomic E-state index is 0.0657. The van der Waals surface area contributed by atoms with Gasteiger partial charge in [-0.3, -0.25) is 9.69 Å². The van der Waals surface area contributed by atoms with Crippen LogP contribution in [-0.2, 0) is 13.0 Å². The van der Waals surface area contributed by atoms with Crippen LogP contribution in [0.2, 0.25) is 0 Å². The third-order valence-corrected chi connectivity index (χ3v) is 4.79. The number of nitrogens with zero attached hydrogens (tertiary/aromatic N) is 1. The van der Waals surface area contributed by atoms with E-state index in [4.69, 9.17) is 4.74 Å². The van der Waals surface area contributed by atoms with Crippen LogP contribution in [0.15, 0.2) is 48.5 Å². The number of rotatable bonds is 3. The molecule has 0 saturated carbocycles. The van der Waals surface area contributed by atoms with E-state index in [1.807, 2.05) is 30.3 Å². The van der Waals surface area contributed by atoms with E-state index in [0.29, 0.717) is 0 Å². The van der Waals surface area contributed by atoms with Gasteiger partial charge in [-0.15, -0.1) is 0 Å². The van der Waals surface area contributed by atoms with Crippen molar-refractivity contribution in [3.05, 3.63) is 65.2 Å². The largest absolute Gasteiger partial charge is 0.497 e. The van der Waals surface area contributed by atoms with Crippen molar-refractivity contribution in [3.8, 4) is 5.75 Å². The average molecular weight is 308 g/mol. The Morgan fingerprint density at radius 2 is 1.87 bits per heavy atom. The summed E-state index contributed by atoms with van der Waals surface area (Å²) < 4.78 is 5.19. The predicted octanol–water partition coefficient (Wildman–Crippen LogP) is 2.24. The summed E-state index contributed by atoms with van der Waals surface area (Å²) in [5.41, 5.74) is 3.17. The molecule has 118 valence electrons. The molecule has 0 aromatic heterocycles. The van der Waals surface area contributed by atoms with E-state index in [1.165, 1.54) is 11.1 Å². The molecule has 4 rings (SSSR count). The monoisotopic (exact) mass is 308 g/mol. The Bertz CT molecular complexity index is 733. The summed E-state index contributed by atoms with van der Waals surface area (Å²) >= 11 is 0. The quantitative estimate of drug-likeness (QED) is 0.945. The van der Waals surface area contributed by atoms with E-state index in [2.05, 4.69) is 28.4 Å². The van der Waals surface area contributed by atoms with Crippen molar-refractivity contribution in [2.24, 2.45) is 0 Å². The van der Waals surface area contributed by atoms with E-state index in [0.717, 1.165) is 37.4 Å². The van der Waals surface area contributed by atoms with Gasteiger partial charge in [-0.2, -0.15) is 0 Å². The van der Waals surface area contributed by atoms with Gasteiger partial charge in [-0.05, 0) is 35.7 Å². The maximum absolute atomic E-state index is 12.3. The molecule has 0 unspecified atom stereocenters. The van der Waals surface area contributed by atoms with E-state index in [1.54, 1.807) is 7.11 Å². The number of fused-ring (bicyclic) bond motifs is 1. The number of nitrogens with one attached hydrogen (secondary N) is 1. The highest BCUT2D eigenvalue weighted by Gasteiger charge is 2.46. The number of likely N-dealkylation sites (tertiary alicyclic amines) is 1. The number of carbonyl (C=O) groups is 1. The Morgan fingerprint density at radius 3 is 2.61 bits per heavy atom. The van der Waals surface area contributed by atoms with Gasteiger partial charge in [-0.25, -0.2) is 0 Å². The zero-order valence-electron chi connectivity index (χ0n) is 13.2. The van der Waals surface area contributed by atoms with Crippen molar-refractivity contribution in [1.82, 2.24) is 10.2 Å². The first-order chi connectivity index (χ1) is 11.2. The fraction of sp³-hybridized carbons (Fsp3) is 0.316. The van der Waals surface area contributed by atoms with E-state index in [-0.39, 0.29) is 11.4 Å². The second-order valence-corrected chi connectivity index (χ2v) is 6.56. The molecule has 2 aromatic carbocycles. The summed E-state index contributed by atoms with van der Waals surface area (Å²) in [5.74, 6) is 0.945. The molecule has 1 fully saturated rings. The topological polar surface area (TPSA) is 41.6 Å². The van der Waals surface area contributed by atoms with Gasteiger partial charge in [0, 0.05) is 25.2 Å². The minimum Gasteiger partial charge on any atom is -0.497 e. The number of carbonyl (C=O) groups excluding carboxylic acids is 1. The minimum atomic E-state index is -0.0854. The lowest BCUT2D eigenvalue weighted by Crippen LogP contribution is -2.72. The number of amides is 1. The van der Waals surface area contributed by atoms with Crippen LogP contribution in [0.1, 0.15) is 21.5 Å². The molecule has 2 heterocycles. The van der Waals surface area contributed by atoms with Crippen LogP contribution in [0.4, 0.5) is 0 Å². The van der Waals surface area contributed by atoms with Gasteiger partial charge in [0.1, 0.15) is 5.75 Å². The Kier molecular flexibility index (Phi) is 3.34. The summed E-state index contributed by atoms with van der Waals surface area (Å²) in [6.07, 6.45) is 0.925. The third kappa shape index (κ3) is 2.59. The zero-order valence-corrected chi connectivity index (χ0v) is 13.2. The van der Waals surface area contributed by atoms with Crippen LogP contribution in [0.25, 0.3) is 0 Å². The maximum Gasteiger partial charge on any atom is 0.252 e. The Balaban J connectivity index is 1.42. The highest BCUT2D eigenvalue weighted by atomic mass is 16.5. The second kappa shape index (κ2) is 5.39. The van der Waals surface area contributed by atoms with Gasteiger partial charge in [0.15, 0.2) is 0 Å². The maximum atomic E-state index is 12.3. The molecule has 0 radical (unpaired) electrons. The number of hydrogen-bond acceptors (Lipinski definition) is 3. The molecule has 2 aromatic rings. The summed E-state index contributed by atoms with van der Waals surface area (Å²) in [6, 6.07) is 16.1. The molecule has 2 aliphatic heterocycles. The molecule has 1 spiro atoms. The zero-order chi connectivity index (χ0) is 15.9. The summed E-state index contributed by atoms with van der Waals surface area (Å²) in [5, 5.41) is 3.22. The lowest BCUT2D eigenvalue weighted by molar-refractivity contribution is 0.0277. The van der Waals surface area contributed by atoms with Crippen molar-refractivity contribution in [2.75, 3.05) is 20.2 Å². The molecule has 1 N–H and O–H groups in total. The first kappa shape index (κ1) is 14.3. The average Bonchev–Trinajstić information content (AvgIpc) is 2.54. The fourth-order valence-corrected chi connectivity index (χ4v) is 3.71. The molecular weight excluding hydrogens is 288 g/mol. The first-order valence-corrected chi connectivity index (χ1v) is 7.93. The fourth-order valence-electron chi connectivity index (χ4n) is 3.71. The molecule has 4 heteroatoms. The summed E-state index contributed by atoms with van der Waals surface area (Å²) in [4.78, 5) is 14.7. The number of benzene rings is 2. The normalized spacial score (nSPS) is 18.9. The summed E-state index contributed by atoms with van der Waals surface area (Å²) in [7, 11) is 1.68. The van der Waals surface area contributed by atoms with Crippen molar-refractivity contribution >= 4 is 5.91 Å². The Hall–Kier alpha value is -2.33. The molecule has 0 bridgehead atoms. The van der Waals surface area contributed by atoms with Crippen LogP contribution >= 0.6 is 0 Å². The van der Waals surface area contributed by atoms with Crippen molar-refractivity contribution < 1.29 is 9.53 Å². The Labute approximate surface area is 136 Å². The standard InChI is InChI=1S/C19H20N2O2/c1-23-16-8-6-14(7-9-16)11-21-12-19(13-21)10-15-4-2-3-5-17(15)18(22)20-19/h2-9H,10-13H2,1H3,(H,20,22). The van der Waals surface area contributed by atoms with Crippen LogP contribution < -0.4 is 10.1 Å². The highest BCUT2D eigenvalue weighted by molar-refractivity contribution is 5.97. The molecular formula is C19H20N2O2. The van der Waals surface area contributed by atoms with Crippen molar-refractivity contribution in [1.29, 1.82) is 0 Å². The van der Waals surface area contributed by atoms with Gasteiger partial charge in [0.05, 0.1) is 12.6 Å². The van der Waals surface area contributed by atoms with Gasteiger partial charge >= 0.3 is 0 Å². The molecule has 4 nitrogen and oxygen atoms in total. The van der Waals surface area contributed by atoms with Gasteiger partial charge in [0.25, 0.3) is 5.91 Å². The molecule has 23 heavy (non-hydrogen) atoms. The van der Waals surface area contributed by atoms with Crippen LogP contribution in [0.5, 0.6) is 5.75 Å². The van der Waals surface area contributed by atoms with Crippen LogP contribution in [0.3, 0.4) is 0 Å². The molecule has 0 aliphatic carbocycles. The number of hydrogen-bond donors (Lipinski definition) is 1. The van der Waals surface area contributed by atoms with Gasteiger partial charge in [-0.1, -0.05) is 30.3 Å². The Morgan fingerprint density at radius 1 is 1.13 bits per heavy atom. The molecule has 2 aliphatic rings. The van der Waals surface area contributed by atoms with Gasteiger partial charge in [0.2, 0.25) is 0 Å². The van der Waals surface area contributed by atoms with Crippen LogP contribution in [0, 0.1) is 0 Å². The van der Waals surface area contributed by atoms with Crippen LogP contribution in [-0.4, -0.2) is 36.5 Å². The predicted molar refractivity (Wildman–Crippen MR) is 88.6 cm³/mol. The van der Waals surface area contributed by atoms with Crippen molar-refractivity contribution in [2.45, 2.75) is 18.5 Å². The van der Waals surface area contributed by atoms with E-state index in [9.17, 15) is 4.79 Å². The van der Waals surface area contributed by atoms with E-state index >= 15 is 0 Å². The van der Waals surface area contributed by atoms with Gasteiger partial charge < -0.3 is 10.1 Å². The summed E-state index contributed by atoms with van der Waals surface area (Å²) in [6.45, 7) is 2.71. The SMILES string of the molecule is COc1ccc(CN2CC3(Cc4ccccc4C(=O)N3)C2)cc1. The number of ether oxygens (including phenoxy) is 1. The second-order valence-electron chi connectivity index (χ2n) is 6.56. The smallest absolute Gasteiger partial charge is 0.252 e. The molecule has 0 atom stereocenters. The van der Waals surface area contributed by atoms with E-state index < -0.39 is 0 Å². The lowest BCUT2D eigenvalue weighted by Gasteiger charge is -2.52. The molecule has 1 amide bonds.